The molecule has 0 spiro atoms. The lowest BCUT2D eigenvalue weighted by Gasteiger charge is -2.58. The summed E-state index contributed by atoms with van der Waals surface area (Å²) >= 11 is 0. The predicted octanol–water partition coefficient (Wildman–Crippen LogP) is 7.14. The van der Waals surface area contributed by atoms with Gasteiger partial charge in [-0.1, -0.05) is 112 Å². The molecule has 0 heterocycles. The summed E-state index contributed by atoms with van der Waals surface area (Å²) < 4.78 is 0. The highest BCUT2D eigenvalue weighted by atomic mass is 14.6. The van der Waals surface area contributed by atoms with Gasteiger partial charge in [-0.2, -0.15) is 5.26 Å². The average Bonchev–Trinajstić information content (AvgIpc) is 2.80. The maximum Gasteiger partial charge on any atom is 0.0672 e. The first-order chi connectivity index (χ1) is 14.6. The van der Waals surface area contributed by atoms with Crippen LogP contribution in [0.3, 0.4) is 0 Å². The van der Waals surface area contributed by atoms with Crippen molar-refractivity contribution < 1.29 is 0 Å². The normalized spacial score (nSPS) is 25.6. The van der Waals surface area contributed by atoms with Gasteiger partial charge in [0.05, 0.1) is 12.0 Å². The van der Waals surface area contributed by atoms with Crippen molar-refractivity contribution in [1.82, 2.24) is 0 Å². The Morgan fingerprint density at radius 3 is 1.60 bits per heavy atom. The minimum Gasteiger partial charge on any atom is -0.198 e. The fourth-order valence-corrected chi connectivity index (χ4v) is 6.14. The van der Waals surface area contributed by atoms with Gasteiger partial charge in [-0.15, -0.1) is 0 Å². The topological polar surface area (TPSA) is 23.8 Å². The standard InChI is InChI=1S/C29H31N/c1-22(2)26-19-20-28(3,23-13-7-4-8-14-23)29(27(26)21-30,24-15-9-5-10-16-24)25-17-11-6-12-18-25/h4-18,22,26-27H,19-20H2,1-3H3. The second kappa shape index (κ2) is 8.11. The molecule has 3 aromatic carbocycles. The van der Waals surface area contributed by atoms with Gasteiger partial charge in [0.1, 0.15) is 0 Å². The Kier molecular flexibility index (Phi) is 5.52. The van der Waals surface area contributed by atoms with Crippen molar-refractivity contribution in [2.45, 2.75) is 44.4 Å². The fraction of sp³-hybridized carbons (Fsp3) is 0.345. The number of hydrogen-bond donors (Lipinski definition) is 0. The first-order valence-corrected chi connectivity index (χ1v) is 11.1. The lowest BCUT2D eigenvalue weighted by Crippen LogP contribution is -2.58. The van der Waals surface area contributed by atoms with Gasteiger partial charge in [0, 0.05) is 10.8 Å². The summed E-state index contributed by atoms with van der Waals surface area (Å²) in [6, 6.07) is 35.3. The van der Waals surface area contributed by atoms with Crippen LogP contribution in [0.5, 0.6) is 0 Å². The van der Waals surface area contributed by atoms with Crippen molar-refractivity contribution in [1.29, 1.82) is 5.26 Å². The summed E-state index contributed by atoms with van der Waals surface area (Å²) in [6.07, 6.45) is 2.13. The summed E-state index contributed by atoms with van der Waals surface area (Å²) in [5, 5.41) is 10.7. The maximum atomic E-state index is 10.7. The van der Waals surface area contributed by atoms with E-state index in [1.807, 2.05) is 0 Å². The van der Waals surface area contributed by atoms with E-state index >= 15 is 0 Å². The molecular weight excluding hydrogens is 362 g/mol. The van der Waals surface area contributed by atoms with Crippen LogP contribution in [0.15, 0.2) is 91.0 Å². The minimum absolute atomic E-state index is 0.110. The third-order valence-corrected chi connectivity index (χ3v) is 7.61. The zero-order valence-corrected chi connectivity index (χ0v) is 18.3. The quantitative estimate of drug-likeness (QED) is 0.462. The van der Waals surface area contributed by atoms with E-state index in [1.54, 1.807) is 0 Å². The molecule has 1 saturated carbocycles. The van der Waals surface area contributed by atoms with Crippen molar-refractivity contribution in [3.05, 3.63) is 108 Å². The third kappa shape index (κ3) is 2.98. The second-order valence-electron chi connectivity index (χ2n) is 9.29. The van der Waals surface area contributed by atoms with Gasteiger partial charge in [0.15, 0.2) is 0 Å². The van der Waals surface area contributed by atoms with E-state index in [4.69, 9.17) is 0 Å². The van der Waals surface area contributed by atoms with Gasteiger partial charge >= 0.3 is 0 Å². The van der Waals surface area contributed by atoms with E-state index in [1.165, 1.54) is 16.7 Å². The van der Waals surface area contributed by atoms with Crippen molar-refractivity contribution >= 4 is 0 Å². The molecule has 1 aliphatic rings. The van der Waals surface area contributed by atoms with Gasteiger partial charge in [-0.05, 0) is 41.4 Å². The summed E-state index contributed by atoms with van der Waals surface area (Å²) in [6.45, 7) is 6.95. The highest BCUT2D eigenvalue weighted by Gasteiger charge is 2.60. The van der Waals surface area contributed by atoms with Crippen LogP contribution < -0.4 is 0 Å². The lowest BCUT2D eigenvalue weighted by atomic mass is 9.43. The molecule has 0 radical (unpaired) electrons. The van der Waals surface area contributed by atoms with Crippen LogP contribution in [-0.4, -0.2) is 0 Å². The number of rotatable bonds is 4. The van der Waals surface area contributed by atoms with Crippen LogP contribution in [0.25, 0.3) is 0 Å². The summed E-state index contributed by atoms with van der Waals surface area (Å²) in [7, 11) is 0. The molecule has 152 valence electrons. The molecule has 3 atom stereocenters. The van der Waals surface area contributed by atoms with E-state index in [2.05, 4.69) is 118 Å². The van der Waals surface area contributed by atoms with Gasteiger partial charge < -0.3 is 0 Å². The molecule has 0 aromatic heterocycles. The molecule has 0 aliphatic heterocycles. The van der Waals surface area contributed by atoms with Crippen molar-refractivity contribution in [2.75, 3.05) is 0 Å². The van der Waals surface area contributed by atoms with Crippen LogP contribution in [-0.2, 0) is 10.8 Å². The molecule has 3 unspecified atom stereocenters. The molecule has 0 amide bonds. The van der Waals surface area contributed by atoms with Crippen LogP contribution in [0, 0.1) is 29.1 Å². The number of nitrogens with zero attached hydrogens (tertiary/aromatic N) is 1. The van der Waals surface area contributed by atoms with Crippen LogP contribution in [0.4, 0.5) is 0 Å². The molecule has 3 aromatic rings. The highest BCUT2D eigenvalue weighted by Crippen LogP contribution is 2.62. The zero-order valence-electron chi connectivity index (χ0n) is 18.3. The van der Waals surface area contributed by atoms with Crippen molar-refractivity contribution in [3.8, 4) is 6.07 Å². The van der Waals surface area contributed by atoms with Crippen LogP contribution >= 0.6 is 0 Å². The molecule has 4 rings (SSSR count). The van der Waals surface area contributed by atoms with E-state index in [-0.39, 0.29) is 11.3 Å². The van der Waals surface area contributed by atoms with Crippen LogP contribution in [0.1, 0.15) is 50.3 Å². The zero-order chi connectivity index (χ0) is 21.2. The van der Waals surface area contributed by atoms with Crippen molar-refractivity contribution in [3.63, 3.8) is 0 Å². The van der Waals surface area contributed by atoms with Gasteiger partial charge in [0.2, 0.25) is 0 Å². The average molecular weight is 394 g/mol. The third-order valence-electron chi connectivity index (χ3n) is 7.61. The summed E-state index contributed by atoms with van der Waals surface area (Å²) in [5.41, 5.74) is 3.21. The van der Waals surface area contributed by atoms with E-state index in [0.717, 1.165) is 12.8 Å². The number of benzene rings is 3. The first kappa shape index (κ1) is 20.4. The molecule has 1 heteroatoms. The minimum atomic E-state index is -0.418. The maximum absolute atomic E-state index is 10.7. The molecule has 0 saturated heterocycles. The SMILES string of the molecule is CC(C)C1CCC(C)(c2ccccc2)C(c2ccccc2)(c2ccccc2)C1C#N. The lowest BCUT2D eigenvalue weighted by molar-refractivity contribution is 0.0703. The van der Waals surface area contributed by atoms with Gasteiger partial charge in [0.25, 0.3) is 0 Å². The second-order valence-corrected chi connectivity index (χ2v) is 9.29. The molecule has 0 N–H and O–H groups in total. The Morgan fingerprint density at radius 2 is 1.20 bits per heavy atom. The van der Waals surface area contributed by atoms with Crippen molar-refractivity contribution in [2.24, 2.45) is 17.8 Å². The predicted molar refractivity (Wildman–Crippen MR) is 124 cm³/mol. The first-order valence-electron chi connectivity index (χ1n) is 11.1. The number of nitriles is 1. The fourth-order valence-electron chi connectivity index (χ4n) is 6.14. The largest absolute Gasteiger partial charge is 0.198 e. The number of hydrogen-bond acceptors (Lipinski definition) is 1. The van der Waals surface area contributed by atoms with Crippen LogP contribution in [0.2, 0.25) is 0 Å². The molecular formula is C29H31N. The monoisotopic (exact) mass is 393 g/mol. The Morgan fingerprint density at radius 1 is 0.767 bits per heavy atom. The summed E-state index contributed by atoms with van der Waals surface area (Å²) in [5.74, 6) is 0.704. The van der Waals surface area contributed by atoms with Gasteiger partial charge in [-0.3, -0.25) is 0 Å². The molecule has 30 heavy (non-hydrogen) atoms. The Bertz CT molecular complexity index is 961. The van der Waals surface area contributed by atoms with E-state index in [9.17, 15) is 5.26 Å². The highest BCUT2D eigenvalue weighted by molar-refractivity contribution is 5.52. The molecule has 1 nitrogen and oxygen atoms in total. The Balaban J connectivity index is 2.12. The Hall–Kier alpha value is -2.85. The molecule has 1 fully saturated rings. The van der Waals surface area contributed by atoms with E-state index < -0.39 is 5.41 Å². The Labute approximate surface area is 181 Å². The van der Waals surface area contributed by atoms with E-state index in [0.29, 0.717) is 11.8 Å². The summed E-state index contributed by atoms with van der Waals surface area (Å²) in [4.78, 5) is 0. The smallest absolute Gasteiger partial charge is 0.0672 e. The molecule has 1 aliphatic carbocycles. The van der Waals surface area contributed by atoms with Gasteiger partial charge in [-0.25, -0.2) is 0 Å². The molecule has 0 bridgehead atoms.